The highest BCUT2D eigenvalue weighted by Gasteiger charge is 2.15. The van der Waals surface area contributed by atoms with Gasteiger partial charge in [0.05, 0.1) is 5.69 Å². The first kappa shape index (κ1) is 16.0. The van der Waals surface area contributed by atoms with Gasteiger partial charge in [0.25, 0.3) is 0 Å². The van der Waals surface area contributed by atoms with E-state index in [2.05, 4.69) is 38.4 Å². The van der Waals surface area contributed by atoms with Crippen LogP contribution in [-0.2, 0) is 6.54 Å². The molecule has 0 aliphatic heterocycles. The van der Waals surface area contributed by atoms with Crippen LogP contribution in [0.3, 0.4) is 0 Å². The zero-order chi connectivity index (χ0) is 17.8. The smallest absolute Gasteiger partial charge is 0.227 e. The second-order valence-corrected chi connectivity index (χ2v) is 5.67. The Balaban J connectivity index is 1.74. The molecule has 6 heteroatoms. The van der Waals surface area contributed by atoms with Gasteiger partial charge in [0, 0.05) is 48.1 Å². The molecule has 0 unspecified atom stereocenters. The fourth-order valence-electron chi connectivity index (χ4n) is 2.66. The normalized spacial score (nSPS) is 10.7. The van der Waals surface area contributed by atoms with Gasteiger partial charge in [-0.3, -0.25) is 9.67 Å². The summed E-state index contributed by atoms with van der Waals surface area (Å²) in [5.74, 6) is 0.531. The lowest BCUT2D eigenvalue weighted by molar-refractivity contribution is 0.662. The van der Waals surface area contributed by atoms with Gasteiger partial charge in [0.15, 0.2) is 0 Å². The minimum atomic E-state index is 0.531. The third-order valence-electron chi connectivity index (χ3n) is 3.92. The van der Waals surface area contributed by atoms with Crippen molar-refractivity contribution >= 4 is 11.6 Å². The zero-order valence-corrected chi connectivity index (χ0v) is 14.3. The number of hydrogen-bond acceptors (Lipinski definition) is 5. The van der Waals surface area contributed by atoms with Crippen molar-refractivity contribution in [3.05, 3.63) is 73.3 Å². The number of benzene rings is 1. The Morgan fingerprint density at radius 3 is 2.88 bits per heavy atom. The van der Waals surface area contributed by atoms with Crippen molar-refractivity contribution in [3.63, 3.8) is 0 Å². The third-order valence-corrected chi connectivity index (χ3v) is 3.92. The summed E-state index contributed by atoms with van der Waals surface area (Å²) in [7, 11) is 0. The number of rotatable bonds is 5. The molecule has 26 heavy (non-hydrogen) atoms. The van der Waals surface area contributed by atoms with Gasteiger partial charge < -0.3 is 5.32 Å². The maximum absolute atomic E-state index is 4.68. The Morgan fingerprint density at radius 1 is 1.15 bits per heavy atom. The molecular weight excluding hydrogens is 324 g/mol. The fraction of sp³-hybridized carbons (Fsp3) is 0.100. The van der Waals surface area contributed by atoms with Crippen LogP contribution >= 0.6 is 0 Å². The van der Waals surface area contributed by atoms with Crippen LogP contribution in [0.4, 0.5) is 11.6 Å². The molecule has 0 saturated carbocycles. The van der Waals surface area contributed by atoms with Gasteiger partial charge in [0.2, 0.25) is 5.95 Å². The topological polar surface area (TPSA) is 68.5 Å². The van der Waals surface area contributed by atoms with E-state index in [0.717, 1.165) is 34.7 Å². The van der Waals surface area contributed by atoms with Gasteiger partial charge in [-0.25, -0.2) is 9.97 Å². The molecule has 0 aliphatic carbocycles. The molecule has 0 atom stereocenters. The van der Waals surface area contributed by atoms with E-state index < -0.39 is 0 Å². The molecule has 0 saturated heterocycles. The van der Waals surface area contributed by atoms with Crippen molar-refractivity contribution in [2.45, 2.75) is 13.5 Å². The maximum atomic E-state index is 4.68. The van der Waals surface area contributed by atoms with E-state index in [0.29, 0.717) is 5.95 Å². The van der Waals surface area contributed by atoms with E-state index in [1.807, 2.05) is 59.5 Å². The monoisotopic (exact) mass is 341 g/mol. The van der Waals surface area contributed by atoms with Crippen molar-refractivity contribution in [1.82, 2.24) is 24.7 Å². The average molecular weight is 341 g/mol. The molecule has 6 nitrogen and oxygen atoms in total. The molecule has 1 aromatic carbocycles. The van der Waals surface area contributed by atoms with Gasteiger partial charge >= 0.3 is 0 Å². The van der Waals surface area contributed by atoms with Crippen LogP contribution in [-0.4, -0.2) is 24.7 Å². The number of nitrogens with zero attached hydrogens (tertiary/aromatic N) is 5. The lowest BCUT2D eigenvalue weighted by Crippen LogP contribution is -1.97. The summed E-state index contributed by atoms with van der Waals surface area (Å²) in [4.78, 5) is 13.2. The van der Waals surface area contributed by atoms with Crippen LogP contribution in [0.25, 0.3) is 22.5 Å². The minimum absolute atomic E-state index is 0.531. The Labute approximate surface area is 151 Å². The highest BCUT2D eigenvalue weighted by atomic mass is 15.3. The van der Waals surface area contributed by atoms with Crippen LogP contribution in [0.2, 0.25) is 0 Å². The van der Waals surface area contributed by atoms with Crippen LogP contribution < -0.4 is 5.32 Å². The number of hydrogen-bond donors (Lipinski definition) is 1. The first-order valence-electron chi connectivity index (χ1n) is 8.38. The molecule has 127 valence electrons. The first-order chi connectivity index (χ1) is 12.8. The van der Waals surface area contributed by atoms with Crippen molar-refractivity contribution < 1.29 is 0 Å². The summed E-state index contributed by atoms with van der Waals surface area (Å²) in [5, 5.41) is 7.88. The van der Waals surface area contributed by atoms with Crippen molar-refractivity contribution in [2.75, 3.05) is 5.32 Å². The standard InChI is InChI=1S/C20H17N6/c1-2-26-14-17(19(25-26)15-7-6-11-21-13-15)18-10-12-22-20(24-18)23-16-8-4-3-5-9-16/h3-4,6-14H,2H2,1H3,(H,22,23,24). The minimum Gasteiger partial charge on any atom is -0.324 e. The quantitative estimate of drug-likeness (QED) is 0.595. The second-order valence-electron chi connectivity index (χ2n) is 5.67. The number of anilines is 2. The lowest BCUT2D eigenvalue weighted by Gasteiger charge is -2.06. The van der Waals surface area contributed by atoms with E-state index in [9.17, 15) is 0 Å². The summed E-state index contributed by atoms with van der Waals surface area (Å²) < 4.78 is 1.90. The van der Waals surface area contributed by atoms with Crippen molar-refractivity contribution in [3.8, 4) is 22.5 Å². The molecule has 1 N–H and O–H groups in total. The molecule has 3 heterocycles. The molecular formula is C20H17N6. The predicted molar refractivity (Wildman–Crippen MR) is 101 cm³/mol. The molecule has 0 aliphatic rings. The summed E-state index contributed by atoms with van der Waals surface area (Å²) in [6, 6.07) is 16.4. The Morgan fingerprint density at radius 2 is 2.12 bits per heavy atom. The van der Waals surface area contributed by atoms with E-state index >= 15 is 0 Å². The highest BCUT2D eigenvalue weighted by Crippen LogP contribution is 2.30. The Bertz CT molecular complexity index is 995. The highest BCUT2D eigenvalue weighted by molar-refractivity contribution is 5.78. The summed E-state index contributed by atoms with van der Waals surface area (Å²) >= 11 is 0. The largest absolute Gasteiger partial charge is 0.324 e. The molecule has 1 radical (unpaired) electrons. The van der Waals surface area contributed by atoms with Crippen LogP contribution in [0.1, 0.15) is 6.92 Å². The molecule has 3 aromatic heterocycles. The van der Waals surface area contributed by atoms with Crippen LogP contribution in [0.5, 0.6) is 0 Å². The summed E-state index contributed by atoms with van der Waals surface area (Å²) in [6.07, 6.45) is 7.31. The molecule has 0 fully saturated rings. The molecule has 0 bridgehead atoms. The third kappa shape index (κ3) is 3.30. The number of nitrogens with one attached hydrogen (secondary N) is 1. The SMILES string of the molecule is CCn1cc(-c2ccnc(Nc3c[c]ccc3)n2)c(-c2cccnc2)n1. The molecule has 0 amide bonds. The fourth-order valence-corrected chi connectivity index (χ4v) is 2.66. The van der Waals surface area contributed by atoms with E-state index in [1.54, 1.807) is 12.4 Å². The first-order valence-corrected chi connectivity index (χ1v) is 8.38. The van der Waals surface area contributed by atoms with Crippen LogP contribution in [0, 0.1) is 6.07 Å². The molecule has 0 spiro atoms. The van der Waals surface area contributed by atoms with Crippen LogP contribution in [0.15, 0.2) is 67.3 Å². The lowest BCUT2D eigenvalue weighted by atomic mass is 10.1. The van der Waals surface area contributed by atoms with Gasteiger partial charge in [-0.05, 0) is 43.3 Å². The van der Waals surface area contributed by atoms with Gasteiger partial charge in [-0.1, -0.05) is 12.1 Å². The zero-order valence-electron chi connectivity index (χ0n) is 14.3. The van der Waals surface area contributed by atoms with Gasteiger partial charge in [-0.2, -0.15) is 5.10 Å². The number of aromatic nitrogens is 5. The van der Waals surface area contributed by atoms with Gasteiger partial charge in [-0.15, -0.1) is 0 Å². The average Bonchev–Trinajstić information content (AvgIpc) is 3.14. The molecule has 4 aromatic rings. The summed E-state index contributed by atoms with van der Waals surface area (Å²) in [5.41, 5.74) is 4.46. The second kappa shape index (κ2) is 7.14. The van der Waals surface area contributed by atoms with E-state index in [4.69, 9.17) is 0 Å². The number of aryl methyl sites for hydroxylation is 1. The Kier molecular flexibility index (Phi) is 4.38. The maximum Gasteiger partial charge on any atom is 0.227 e. The predicted octanol–water partition coefficient (Wildman–Crippen LogP) is 3.97. The van der Waals surface area contributed by atoms with E-state index in [-0.39, 0.29) is 0 Å². The summed E-state index contributed by atoms with van der Waals surface area (Å²) in [6.45, 7) is 2.84. The molecule has 4 rings (SSSR count). The van der Waals surface area contributed by atoms with E-state index in [1.165, 1.54) is 0 Å². The Hall–Kier alpha value is -3.54. The van der Waals surface area contributed by atoms with Crippen molar-refractivity contribution in [2.24, 2.45) is 0 Å². The number of pyridine rings is 1. The van der Waals surface area contributed by atoms with Crippen molar-refractivity contribution in [1.29, 1.82) is 0 Å². The van der Waals surface area contributed by atoms with Gasteiger partial charge in [0.1, 0.15) is 5.69 Å².